The Morgan fingerprint density at radius 1 is 1.42 bits per heavy atom. The lowest BCUT2D eigenvalue weighted by Crippen LogP contribution is -2.27. The Kier molecular flexibility index (Phi) is 5.30. The van der Waals surface area contributed by atoms with E-state index < -0.39 is 0 Å². The zero-order valence-corrected chi connectivity index (χ0v) is 11.6. The van der Waals surface area contributed by atoms with Crippen molar-refractivity contribution in [3.63, 3.8) is 0 Å². The van der Waals surface area contributed by atoms with Crippen molar-refractivity contribution in [2.45, 2.75) is 64.3 Å². The van der Waals surface area contributed by atoms with Crippen LogP contribution in [0, 0.1) is 5.92 Å². The third-order valence-corrected chi connectivity index (χ3v) is 3.87. The van der Waals surface area contributed by atoms with Gasteiger partial charge in [0, 0.05) is 6.42 Å². The van der Waals surface area contributed by atoms with E-state index in [2.05, 4.69) is 25.9 Å². The van der Waals surface area contributed by atoms with Crippen LogP contribution in [0.25, 0.3) is 0 Å². The van der Waals surface area contributed by atoms with Gasteiger partial charge in [0.2, 0.25) is 5.91 Å². The van der Waals surface area contributed by atoms with E-state index in [1.165, 1.54) is 38.5 Å². The minimum absolute atomic E-state index is 0.0770. The molecule has 1 aromatic rings. The van der Waals surface area contributed by atoms with Gasteiger partial charge in [-0.3, -0.25) is 4.79 Å². The fourth-order valence-corrected chi connectivity index (χ4v) is 2.76. The number of amides is 1. The second kappa shape index (κ2) is 7.21. The lowest BCUT2D eigenvalue weighted by molar-refractivity contribution is -0.121. The molecular formula is C13H23N5O. The smallest absolute Gasteiger partial charge is 0.220 e. The highest BCUT2D eigenvalue weighted by Crippen LogP contribution is 2.27. The monoisotopic (exact) mass is 265 g/mol. The first-order chi connectivity index (χ1) is 9.25. The third kappa shape index (κ3) is 4.61. The number of H-pyrrole nitrogens is 1. The Balaban J connectivity index is 1.61. The minimum Gasteiger partial charge on any atom is -0.346 e. The van der Waals surface area contributed by atoms with Gasteiger partial charge in [0.1, 0.15) is 0 Å². The van der Waals surface area contributed by atoms with Gasteiger partial charge < -0.3 is 5.32 Å². The molecule has 2 N–H and O–H groups in total. The highest BCUT2D eigenvalue weighted by atomic mass is 16.1. The predicted molar refractivity (Wildman–Crippen MR) is 71.2 cm³/mol. The molecule has 0 saturated heterocycles. The van der Waals surface area contributed by atoms with E-state index >= 15 is 0 Å². The number of tetrazole rings is 1. The van der Waals surface area contributed by atoms with Gasteiger partial charge in [-0.25, -0.2) is 0 Å². The molecule has 2 rings (SSSR count). The van der Waals surface area contributed by atoms with Crippen LogP contribution >= 0.6 is 0 Å². The number of nitrogens with one attached hydrogen (secondary N) is 2. The molecule has 1 amide bonds. The van der Waals surface area contributed by atoms with Crippen LogP contribution in [-0.4, -0.2) is 26.5 Å². The van der Waals surface area contributed by atoms with Crippen molar-refractivity contribution in [3.05, 3.63) is 5.82 Å². The van der Waals surface area contributed by atoms with Crippen LogP contribution in [0.3, 0.4) is 0 Å². The Morgan fingerprint density at radius 3 is 2.89 bits per heavy atom. The maximum Gasteiger partial charge on any atom is 0.220 e. The topological polar surface area (TPSA) is 83.6 Å². The van der Waals surface area contributed by atoms with E-state index in [1.807, 2.05) is 6.92 Å². The van der Waals surface area contributed by atoms with Crippen LogP contribution < -0.4 is 5.32 Å². The first kappa shape index (κ1) is 14.0. The molecule has 1 aromatic heterocycles. The third-order valence-electron chi connectivity index (χ3n) is 3.87. The zero-order valence-electron chi connectivity index (χ0n) is 11.6. The van der Waals surface area contributed by atoms with Crippen LogP contribution in [0.15, 0.2) is 0 Å². The summed E-state index contributed by atoms with van der Waals surface area (Å²) in [6, 6.07) is -0.180. The molecule has 0 aliphatic heterocycles. The normalized spacial score (nSPS) is 18.2. The van der Waals surface area contributed by atoms with Crippen LogP contribution in [0.1, 0.15) is 70.2 Å². The highest BCUT2D eigenvalue weighted by molar-refractivity contribution is 5.76. The molecule has 0 spiro atoms. The minimum atomic E-state index is -0.180. The lowest BCUT2D eigenvalue weighted by Gasteiger charge is -2.21. The maximum atomic E-state index is 11.8. The number of aromatic nitrogens is 4. The standard InChI is InChI=1S/C13H23N5O/c1-10(13-15-17-18-16-13)14-12(19)9-5-8-11-6-3-2-4-7-11/h10-11H,2-9H2,1H3,(H,14,19)(H,15,16,17,18). The number of rotatable bonds is 6. The molecule has 1 saturated carbocycles. The lowest BCUT2D eigenvalue weighted by atomic mass is 9.86. The summed E-state index contributed by atoms with van der Waals surface area (Å²) in [6.07, 6.45) is 9.58. The highest BCUT2D eigenvalue weighted by Gasteiger charge is 2.15. The van der Waals surface area contributed by atoms with Crippen molar-refractivity contribution in [2.75, 3.05) is 0 Å². The van der Waals surface area contributed by atoms with E-state index in [4.69, 9.17) is 0 Å². The summed E-state index contributed by atoms with van der Waals surface area (Å²) < 4.78 is 0. The molecule has 6 heteroatoms. The zero-order chi connectivity index (χ0) is 13.5. The SMILES string of the molecule is CC(NC(=O)CCCC1CCCCC1)c1nn[nH]n1. The van der Waals surface area contributed by atoms with Gasteiger partial charge >= 0.3 is 0 Å². The van der Waals surface area contributed by atoms with E-state index in [0.29, 0.717) is 12.2 Å². The molecule has 0 aromatic carbocycles. The number of nitrogens with zero attached hydrogens (tertiary/aromatic N) is 3. The van der Waals surface area contributed by atoms with Crippen molar-refractivity contribution in [1.82, 2.24) is 25.9 Å². The van der Waals surface area contributed by atoms with Gasteiger partial charge in [-0.05, 0) is 25.7 Å². The van der Waals surface area contributed by atoms with E-state index in [-0.39, 0.29) is 11.9 Å². The quantitative estimate of drug-likeness (QED) is 0.825. The summed E-state index contributed by atoms with van der Waals surface area (Å²) >= 11 is 0. The van der Waals surface area contributed by atoms with Gasteiger partial charge in [0.05, 0.1) is 6.04 Å². The number of carbonyl (C=O) groups is 1. The summed E-state index contributed by atoms with van der Waals surface area (Å²) in [5, 5.41) is 16.5. The molecule has 1 fully saturated rings. The van der Waals surface area contributed by atoms with E-state index in [1.54, 1.807) is 0 Å². The molecule has 1 heterocycles. The van der Waals surface area contributed by atoms with E-state index in [0.717, 1.165) is 12.3 Å². The first-order valence-electron chi connectivity index (χ1n) is 7.28. The largest absolute Gasteiger partial charge is 0.346 e. The van der Waals surface area contributed by atoms with Gasteiger partial charge in [-0.15, -0.1) is 10.2 Å². The van der Waals surface area contributed by atoms with E-state index in [9.17, 15) is 4.79 Å². The van der Waals surface area contributed by atoms with Crippen LogP contribution in [0.5, 0.6) is 0 Å². The molecule has 19 heavy (non-hydrogen) atoms. The molecule has 106 valence electrons. The average molecular weight is 265 g/mol. The fourth-order valence-electron chi connectivity index (χ4n) is 2.76. The molecule has 1 atom stereocenters. The fraction of sp³-hybridized carbons (Fsp3) is 0.846. The second-order valence-corrected chi connectivity index (χ2v) is 5.46. The van der Waals surface area contributed by atoms with Crippen LogP contribution in [0.2, 0.25) is 0 Å². The first-order valence-corrected chi connectivity index (χ1v) is 7.28. The molecule has 0 bridgehead atoms. The molecular weight excluding hydrogens is 242 g/mol. The number of hydrogen-bond donors (Lipinski definition) is 2. The Morgan fingerprint density at radius 2 is 2.21 bits per heavy atom. The Labute approximate surface area is 113 Å². The summed E-state index contributed by atoms with van der Waals surface area (Å²) in [4.78, 5) is 11.8. The second-order valence-electron chi connectivity index (χ2n) is 5.46. The van der Waals surface area contributed by atoms with Crippen molar-refractivity contribution in [3.8, 4) is 0 Å². The number of carbonyl (C=O) groups excluding carboxylic acids is 1. The predicted octanol–water partition coefficient (Wildman–Crippen LogP) is 2.13. The van der Waals surface area contributed by atoms with Gasteiger partial charge in [0.25, 0.3) is 0 Å². The average Bonchev–Trinajstić information content (AvgIpc) is 2.94. The van der Waals surface area contributed by atoms with Crippen molar-refractivity contribution < 1.29 is 4.79 Å². The molecule has 1 aliphatic rings. The summed E-state index contributed by atoms with van der Waals surface area (Å²) in [5.74, 6) is 1.45. The van der Waals surface area contributed by atoms with Gasteiger partial charge in [-0.1, -0.05) is 37.3 Å². The summed E-state index contributed by atoms with van der Waals surface area (Å²) in [7, 11) is 0. The van der Waals surface area contributed by atoms with Crippen molar-refractivity contribution in [2.24, 2.45) is 5.92 Å². The van der Waals surface area contributed by atoms with Crippen molar-refractivity contribution >= 4 is 5.91 Å². The van der Waals surface area contributed by atoms with Crippen LogP contribution in [-0.2, 0) is 4.79 Å². The molecule has 1 aliphatic carbocycles. The van der Waals surface area contributed by atoms with Crippen LogP contribution in [0.4, 0.5) is 0 Å². The number of hydrogen-bond acceptors (Lipinski definition) is 4. The Bertz CT molecular complexity index is 372. The number of aromatic amines is 1. The molecule has 0 radical (unpaired) electrons. The summed E-state index contributed by atoms with van der Waals surface area (Å²) in [6.45, 7) is 1.86. The Hall–Kier alpha value is -1.46. The van der Waals surface area contributed by atoms with Gasteiger partial charge in [-0.2, -0.15) is 5.21 Å². The van der Waals surface area contributed by atoms with Gasteiger partial charge in [0.15, 0.2) is 5.82 Å². The molecule has 1 unspecified atom stereocenters. The molecule has 6 nitrogen and oxygen atoms in total. The summed E-state index contributed by atoms with van der Waals surface area (Å²) in [5.41, 5.74) is 0. The maximum absolute atomic E-state index is 11.8. The van der Waals surface area contributed by atoms with Crippen molar-refractivity contribution in [1.29, 1.82) is 0 Å².